The summed E-state index contributed by atoms with van der Waals surface area (Å²) in [7, 11) is 0. The first-order valence-electron chi connectivity index (χ1n) is 5.78. The first kappa shape index (κ1) is 12.3. The second kappa shape index (κ2) is 5.00. The van der Waals surface area contributed by atoms with Crippen molar-refractivity contribution in [2.24, 2.45) is 0 Å². The van der Waals surface area contributed by atoms with Gasteiger partial charge in [-0.3, -0.25) is 4.79 Å². The van der Waals surface area contributed by atoms with E-state index in [0.29, 0.717) is 17.2 Å². The topological polar surface area (TPSA) is 82.0 Å². The quantitative estimate of drug-likeness (QED) is 0.835. The highest BCUT2D eigenvalue weighted by Gasteiger charge is 2.13. The molecular formula is C13H15N3O2. The highest BCUT2D eigenvalue weighted by atomic mass is 16.6. The minimum Gasteiger partial charge on any atom is -0.379 e. The fraction of sp³-hybridized carbons (Fsp3) is 0.308. The number of carbonyl (C=O) groups excluding carboxylic acids is 1. The number of nitrogen functional groups attached to an aromatic ring is 1. The van der Waals surface area contributed by atoms with Crippen LogP contribution >= 0.6 is 0 Å². The van der Waals surface area contributed by atoms with Gasteiger partial charge in [0.1, 0.15) is 5.69 Å². The number of hydrogen-bond acceptors (Lipinski definition) is 5. The molecule has 0 saturated carbocycles. The molecule has 2 aromatic rings. The molecule has 0 aliphatic carbocycles. The van der Waals surface area contributed by atoms with Gasteiger partial charge in [-0.15, -0.1) is 0 Å². The Kier molecular flexibility index (Phi) is 3.41. The third kappa shape index (κ3) is 2.56. The number of ketones is 1. The monoisotopic (exact) mass is 245 g/mol. The Labute approximate surface area is 105 Å². The van der Waals surface area contributed by atoms with E-state index in [1.54, 1.807) is 0 Å². The molecule has 1 aromatic heterocycles. The van der Waals surface area contributed by atoms with Crippen LogP contribution in [0.1, 0.15) is 41.4 Å². The van der Waals surface area contributed by atoms with Crippen LogP contribution in [0.5, 0.6) is 0 Å². The Morgan fingerprint density at radius 3 is 2.44 bits per heavy atom. The molecule has 0 saturated heterocycles. The molecule has 0 radical (unpaired) electrons. The number of nitrogens with zero attached hydrogens (tertiary/aromatic N) is 2. The van der Waals surface area contributed by atoms with Crippen molar-refractivity contribution in [2.75, 3.05) is 5.73 Å². The van der Waals surface area contributed by atoms with Gasteiger partial charge in [0.05, 0.1) is 6.42 Å². The molecule has 0 unspecified atom stereocenters. The largest absolute Gasteiger partial charge is 0.379 e. The van der Waals surface area contributed by atoms with Gasteiger partial charge >= 0.3 is 0 Å². The van der Waals surface area contributed by atoms with Gasteiger partial charge in [-0.2, -0.15) is 0 Å². The second-order valence-corrected chi connectivity index (χ2v) is 4.47. The van der Waals surface area contributed by atoms with E-state index in [1.165, 1.54) is 5.56 Å². The van der Waals surface area contributed by atoms with E-state index in [9.17, 15) is 4.79 Å². The van der Waals surface area contributed by atoms with Gasteiger partial charge in [0.15, 0.2) is 11.6 Å². The summed E-state index contributed by atoms with van der Waals surface area (Å²) in [6.45, 7) is 4.22. The van der Waals surface area contributed by atoms with E-state index in [0.717, 1.165) is 0 Å². The average Bonchev–Trinajstić information content (AvgIpc) is 2.75. The Bertz CT molecular complexity index is 544. The molecule has 1 heterocycles. The maximum atomic E-state index is 12.0. The lowest BCUT2D eigenvalue weighted by Gasteiger charge is -2.05. The number of hydrogen-bond donors (Lipinski definition) is 1. The fourth-order valence-corrected chi connectivity index (χ4v) is 1.64. The third-order valence-electron chi connectivity index (χ3n) is 2.81. The molecule has 2 N–H and O–H groups in total. The summed E-state index contributed by atoms with van der Waals surface area (Å²) in [4.78, 5) is 12.0. The van der Waals surface area contributed by atoms with Crippen molar-refractivity contribution >= 4 is 11.6 Å². The van der Waals surface area contributed by atoms with E-state index < -0.39 is 0 Å². The zero-order chi connectivity index (χ0) is 13.1. The Morgan fingerprint density at radius 2 is 1.94 bits per heavy atom. The van der Waals surface area contributed by atoms with E-state index in [4.69, 9.17) is 5.73 Å². The SMILES string of the molecule is CC(C)c1ccc(C(=O)Cc2nonc2N)cc1. The van der Waals surface area contributed by atoms with Gasteiger partial charge in [-0.05, 0) is 16.6 Å². The van der Waals surface area contributed by atoms with Gasteiger partial charge in [0, 0.05) is 5.56 Å². The van der Waals surface area contributed by atoms with Gasteiger partial charge < -0.3 is 5.73 Å². The lowest BCUT2D eigenvalue weighted by molar-refractivity contribution is 0.0990. The van der Waals surface area contributed by atoms with Crippen molar-refractivity contribution in [3.63, 3.8) is 0 Å². The maximum absolute atomic E-state index is 12.0. The smallest absolute Gasteiger partial charge is 0.191 e. The minimum atomic E-state index is -0.0484. The molecular weight excluding hydrogens is 230 g/mol. The molecule has 0 aliphatic rings. The van der Waals surface area contributed by atoms with Crippen LogP contribution in [-0.4, -0.2) is 16.1 Å². The van der Waals surface area contributed by atoms with Crippen molar-refractivity contribution < 1.29 is 9.42 Å². The highest BCUT2D eigenvalue weighted by Crippen LogP contribution is 2.16. The van der Waals surface area contributed by atoms with Gasteiger partial charge in [0.2, 0.25) is 0 Å². The predicted molar refractivity (Wildman–Crippen MR) is 67.3 cm³/mol. The summed E-state index contributed by atoms with van der Waals surface area (Å²) in [5.41, 5.74) is 7.74. The maximum Gasteiger partial charge on any atom is 0.191 e. The molecule has 0 atom stereocenters. The number of carbonyl (C=O) groups is 1. The molecule has 5 heteroatoms. The molecule has 5 nitrogen and oxygen atoms in total. The van der Waals surface area contributed by atoms with Crippen molar-refractivity contribution in [2.45, 2.75) is 26.2 Å². The lowest BCUT2D eigenvalue weighted by Crippen LogP contribution is -2.06. The van der Waals surface area contributed by atoms with Crippen LogP contribution in [0.2, 0.25) is 0 Å². The van der Waals surface area contributed by atoms with Gasteiger partial charge in [-0.25, -0.2) is 4.63 Å². The molecule has 1 aromatic carbocycles. The highest BCUT2D eigenvalue weighted by molar-refractivity contribution is 5.97. The standard InChI is InChI=1S/C13H15N3O2/c1-8(2)9-3-5-10(6-4-9)12(17)7-11-13(14)16-18-15-11/h3-6,8H,7H2,1-2H3,(H2,14,16). The number of anilines is 1. The van der Waals surface area contributed by atoms with Crippen LogP contribution in [0.4, 0.5) is 5.82 Å². The Hall–Kier alpha value is -2.17. The first-order valence-corrected chi connectivity index (χ1v) is 5.78. The van der Waals surface area contributed by atoms with Gasteiger partial charge in [0.25, 0.3) is 0 Å². The number of nitrogens with two attached hydrogens (primary N) is 1. The molecule has 94 valence electrons. The van der Waals surface area contributed by atoms with Crippen molar-refractivity contribution in [1.82, 2.24) is 10.3 Å². The normalized spacial score (nSPS) is 10.8. The minimum absolute atomic E-state index is 0.0484. The van der Waals surface area contributed by atoms with Crippen LogP contribution in [0.15, 0.2) is 28.9 Å². The number of rotatable bonds is 4. The van der Waals surface area contributed by atoms with Crippen LogP contribution in [-0.2, 0) is 6.42 Å². The van der Waals surface area contributed by atoms with Crippen molar-refractivity contribution in [3.05, 3.63) is 41.1 Å². The first-order chi connectivity index (χ1) is 8.58. The summed E-state index contributed by atoms with van der Waals surface area (Å²) in [5, 5.41) is 7.04. The Morgan fingerprint density at radius 1 is 1.28 bits per heavy atom. The van der Waals surface area contributed by atoms with Crippen LogP contribution in [0, 0.1) is 0 Å². The molecule has 0 bridgehead atoms. The van der Waals surface area contributed by atoms with E-state index >= 15 is 0 Å². The van der Waals surface area contributed by atoms with E-state index in [2.05, 4.69) is 28.8 Å². The predicted octanol–water partition coefficient (Wildman–Crippen LogP) is 2.20. The van der Waals surface area contributed by atoms with Gasteiger partial charge in [-0.1, -0.05) is 43.3 Å². The summed E-state index contributed by atoms with van der Waals surface area (Å²) in [5.74, 6) is 0.569. The van der Waals surface area contributed by atoms with Crippen molar-refractivity contribution in [1.29, 1.82) is 0 Å². The number of aromatic nitrogens is 2. The summed E-state index contributed by atoms with van der Waals surface area (Å²) < 4.78 is 4.46. The van der Waals surface area contributed by atoms with E-state index in [-0.39, 0.29) is 18.0 Å². The zero-order valence-electron chi connectivity index (χ0n) is 10.4. The van der Waals surface area contributed by atoms with E-state index in [1.807, 2.05) is 24.3 Å². The fourth-order valence-electron chi connectivity index (χ4n) is 1.64. The second-order valence-electron chi connectivity index (χ2n) is 4.47. The third-order valence-corrected chi connectivity index (χ3v) is 2.81. The molecule has 2 rings (SSSR count). The van der Waals surface area contributed by atoms with Crippen LogP contribution in [0.25, 0.3) is 0 Å². The van der Waals surface area contributed by atoms with Crippen molar-refractivity contribution in [3.8, 4) is 0 Å². The summed E-state index contributed by atoms with van der Waals surface area (Å²) >= 11 is 0. The summed E-state index contributed by atoms with van der Waals surface area (Å²) in [6.07, 6.45) is 0.107. The molecule has 0 aliphatic heterocycles. The molecule has 0 amide bonds. The Balaban J connectivity index is 2.12. The summed E-state index contributed by atoms with van der Waals surface area (Å²) in [6, 6.07) is 7.56. The van der Waals surface area contributed by atoms with Crippen LogP contribution < -0.4 is 5.73 Å². The number of benzene rings is 1. The molecule has 18 heavy (non-hydrogen) atoms. The molecule has 0 spiro atoms. The average molecular weight is 245 g/mol. The van der Waals surface area contributed by atoms with Crippen LogP contribution in [0.3, 0.4) is 0 Å². The lowest BCUT2D eigenvalue weighted by atomic mass is 9.99. The number of Topliss-reactive ketones (excluding diaryl/α,β-unsaturated/α-hetero) is 1. The molecule has 0 fully saturated rings. The zero-order valence-corrected chi connectivity index (χ0v) is 10.4.